The minimum atomic E-state index is -4.64. The number of ether oxygens (including phenoxy) is 1. The zero-order valence-corrected chi connectivity index (χ0v) is 11.5. The first-order chi connectivity index (χ1) is 9.93. The molecule has 0 aromatic heterocycles. The van der Waals surface area contributed by atoms with Gasteiger partial charge in [0.05, 0.1) is 18.3 Å². The maximum atomic E-state index is 13.6. The van der Waals surface area contributed by atoms with Crippen LogP contribution in [0.2, 0.25) is 0 Å². The summed E-state index contributed by atoms with van der Waals surface area (Å²) < 4.78 is 56.8. The van der Waals surface area contributed by atoms with E-state index in [1.54, 1.807) is 0 Å². The molecule has 2 fully saturated rings. The number of nitrogens with zero attached hydrogens (tertiary/aromatic N) is 1. The molecule has 0 N–H and O–H groups in total. The second kappa shape index (κ2) is 5.57. The molecule has 3 rings (SSSR count). The Bertz CT molecular complexity index is 513. The molecule has 1 unspecified atom stereocenters. The van der Waals surface area contributed by atoms with Crippen LogP contribution in [0.5, 0.6) is 0 Å². The molecule has 1 aliphatic heterocycles. The van der Waals surface area contributed by atoms with Crippen molar-refractivity contribution in [2.24, 2.45) is 5.92 Å². The lowest BCUT2D eigenvalue weighted by Crippen LogP contribution is -2.42. The SMILES string of the molecule is Fc1cc(CN2CCOC(C3CC3)C2)ccc1C(F)(F)F. The Labute approximate surface area is 120 Å². The van der Waals surface area contributed by atoms with E-state index in [0.717, 1.165) is 25.2 Å². The van der Waals surface area contributed by atoms with E-state index in [-0.39, 0.29) is 6.10 Å². The van der Waals surface area contributed by atoms with Gasteiger partial charge in [-0.2, -0.15) is 13.2 Å². The molecule has 1 heterocycles. The molecular weight excluding hydrogens is 286 g/mol. The highest BCUT2D eigenvalue weighted by Crippen LogP contribution is 2.36. The molecule has 21 heavy (non-hydrogen) atoms. The predicted octanol–water partition coefficient (Wildman–Crippen LogP) is 3.46. The highest BCUT2D eigenvalue weighted by molar-refractivity contribution is 5.26. The van der Waals surface area contributed by atoms with Crippen LogP contribution < -0.4 is 0 Å². The average Bonchev–Trinajstić information content (AvgIpc) is 3.21. The standard InChI is InChI=1S/C15H17F4NO/c16-13-7-10(1-4-12(13)15(17,18)19)8-20-5-6-21-14(9-20)11-2-3-11/h1,4,7,11,14H,2-3,5-6,8-9H2. The molecule has 0 bridgehead atoms. The van der Waals surface area contributed by atoms with Gasteiger partial charge in [0.1, 0.15) is 5.82 Å². The third kappa shape index (κ3) is 3.55. The first-order valence-corrected chi connectivity index (χ1v) is 7.13. The van der Waals surface area contributed by atoms with Crippen molar-refractivity contribution in [3.63, 3.8) is 0 Å². The Kier molecular flexibility index (Phi) is 3.92. The zero-order chi connectivity index (χ0) is 15.0. The Morgan fingerprint density at radius 2 is 2.00 bits per heavy atom. The van der Waals surface area contributed by atoms with Crippen molar-refractivity contribution in [1.82, 2.24) is 4.90 Å². The number of hydrogen-bond acceptors (Lipinski definition) is 2. The van der Waals surface area contributed by atoms with Crippen molar-refractivity contribution in [3.8, 4) is 0 Å². The summed E-state index contributed by atoms with van der Waals surface area (Å²) in [7, 11) is 0. The van der Waals surface area contributed by atoms with E-state index >= 15 is 0 Å². The molecule has 1 saturated carbocycles. The molecule has 116 valence electrons. The van der Waals surface area contributed by atoms with Gasteiger partial charge in [-0.15, -0.1) is 0 Å². The number of halogens is 4. The Morgan fingerprint density at radius 3 is 2.62 bits per heavy atom. The number of benzene rings is 1. The summed E-state index contributed by atoms with van der Waals surface area (Å²) >= 11 is 0. The highest BCUT2D eigenvalue weighted by atomic mass is 19.4. The second-order valence-corrected chi connectivity index (χ2v) is 5.79. The van der Waals surface area contributed by atoms with Gasteiger partial charge in [-0.1, -0.05) is 6.07 Å². The molecule has 0 amide bonds. The van der Waals surface area contributed by atoms with Gasteiger partial charge in [0.15, 0.2) is 0 Å². The van der Waals surface area contributed by atoms with Crippen molar-refractivity contribution in [3.05, 3.63) is 35.1 Å². The van der Waals surface area contributed by atoms with Gasteiger partial charge < -0.3 is 4.74 Å². The van der Waals surface area contributed by atoms with E-state index in [9.17, 15) is 17.6 Å². The largest absolute Gasteiger partial charge is 0.419 e. The fourth-order valence-corrected chi connectivity index (χ4v) is 2.77. The fourth-order valence-electron chi connectivity index (χ4n) is 2.77. The smallest absolute Gasteiger partial charge is 0.375 e. The third-order valence-electron chi connectivity index (χ3n) is 4.07. The quantitative estimate of drug-likeness (QED) is 0.793. The van der Waals surface area contributed by atoms with Gasteiger partial charge in [0.25, 0.3) is 0 Å². The molecule has 2 aliphatic rings. The van der Waals surface area contributed by atoms with Gasteiger partial charge in [0.2, 0.25) is 0 Å². The molecule has 1 aromatic rings. The minimum Gasteiger partial charge on any atom is -0.375 e. The normalized spacial score (nSPS) is 24.3. The third-order valence-corrected chi connectivity index (χ3v) is 4.07. The van der Waals surface area contributed by atoms with Crippen LogP contribution >= 0.6 is 0 Å². The summed E-state index contributed by atoms with van der Waals surface area (Å²) in [5.41, 5.74) is -0.638. The Balaban J connectivity index is 1.66. The molecule has 0 radical (unpaired) electrons. The van der Waals surface area contributed by atoms with Crippen LogP contribution in [0.1, 0.15) is 24.0 Å². The second-order valence-electron chi connectivity index (χ2n) is 5.79. The monoisotopic (exact) mass is 303 g/mol. The van der Waals surface area contributed by atoms with Crippen molar-refractivity contribution >= 4 is 0 Å². The summed E-state index contributed by atoms with van der Waals surface area (Å²) in [6, 6.07) is 3.17. The van der Waals surface area contributed by atoms with Gasteiger partial charge in [0, 0.05) is 19.6 Å². The van der Waals surface area contributed by atoms with Crippen LogP contribution in [0.3, 0.4) is 0 Å². The molecule has 6 heteroatoms. The van der Waals surface area contributed by atoms with E-state index in [4.69, 9.17) is 4.74 Å². The van der Waals surface area contributed by atoms with Gasteiger partial charge in [-0.3, -0.25) is 4.90 Å². The summed E-state index contributed by atoms with van der Waals surface area (Å²) in [4.78, 5) is 2.12. The lowest BCUT2D eigenvalue weighted by molar-refractivity contribution is -0.140. The maximum absolute atomic E-state index is 13.6. The average molecular weight is 303 g/mol. The molecular formula is C15H17F4NO. The van der Waals surface area contributed by atoms with E-state index in [0.29, 0.717) is 24.6 Å². The molecule has 0 spiro atoms. The highest BCUT2D eigenvalue weighted by Gasteiger charge is 2.36. The van der Waals surface area contributed by atoms with Gasteiger partial charge in [-0.25, -0.2) is 4.39 Å². The van der Waals surface area contributed by atoms with Crippen LogP contribution in [-0.2, 0) is 17.5 Å². The first kappa shape index (κ1) is 14.8. The molecule has 2 nitrogen and oxygen atoms in total. The van der Waals surface area contributed by atoms with Crippen molar-refractivity contribution in [2.75, 3.05) is 19.7 Å². The van der Waals surface area contributed by atoms with E-state index < -0.39 is 17.6 Å². The number of rotatable bonds is 3. The van der Waals surface area contributed by atoms with Gasteiger partial charge in [-0.05, 0) is 36.5 Å². The van der Waals surface area contributed by atoms with E-state index in [1.165, 1.54) is 18.9 Å². The topological polar surface area (TPSA) is 12.5 Å². The van der Waals surface area contributed by atoms with Crippen LogP contribution in [0, 0.1) is 11.7 Å². The number of alkyl halides is 3. The summed E-state index contributed by atoms with van der Waals surface area (Å²) in [6.45, 7) is 2.59. The lowest BCUT2D eigenvalue weighted by atomic mass is 10.1. The van der Waals surface area contributed by atoms with Crippen LogP contribution in [-0.4, -0.2) is 30.7 Å². The molecule has 1 aromatic carbocycles. The first-order valence-electron chi connectivity index (χ1n) is 7.13. The van der Waals surface area contributed by atoms with Crippen LogP contribution in [0.15, 0.2) is 18.2 Å². The molecule has 1 atom stereocenters. The van der Waals surface area contributed by atoms with E-state index in [2.05, 4.69) is 4.90 Å². The number of morpholine rings is 1. The van der Waals surface area contributed by atoms with Crippen molar-refractivity contribution < 1.29 is 22.3 Å². The Hall–Kier alpha value is -1.14. The van der Waals surface area contributed by atoms with Crippen molar-refractivity contribution in [1.29, 1.82) is 0 Å². The maximum Gasteiger partial charge on any atom is 0.419 e. The lowest BCUT2D eigenvalue weighted by Gasteiger charge is -2.33. The fraction of sp³-hybridized carbons (Fsp3) is 0.600. The molecule has 1 saturated heterocycles. The molecule has 1 aliphatic carbocycles. The van der Waals surface area contributed by atoms with Crippen molar-refractivity contribution in [2.45, 2.75) is 31.7 Å². The summed E-state index contributed by atoms with van der Waals surface area (Å²) in [6.07, 6.45) is -2.04. The number of hydrogen-bond donors (Lipinski definition) is 0. The van der Waals surface area contributed by atoms with Crippen LogP contribution in [0.4, 0.5) is 17.6 Å². The summed E-state index contributed by atoms with van der Waals surface area (Å²) in [5.74, 6) is -0.579. The predicted molar refractivity (Wildman–Crippen MR) is 69.1 cm³/mol. The summed E-state index contributed by atoms with van der Waals surface area (Å²) in [5, 5.41) is 0. The Morgan fingerprint density at radius 1 is 1.24 bits per heavy atom. The zero-order valence-electron chi connectivity index (χ0n) is 11.5. The van der Waals surface area contributed by atoms with Gasteiger partial charge >= 0.3 is 6.18 Å². The van der Waals surface area contributed by atoms with E-state index in [1.807, 2.05) is 0 Å². The van der Waals surface area contributed by atoms with Crippen LogP contribution in [0.25, 0.3) is 0 Å². The minimum absolute atomic E-state index is 0.220.